The molecule has 0 aromatic carbocycles. The van der Waals surface area contributed by atoms with Gasteiger partial charge in [0.05, 0.1) is 12.7 Å². The van der Waals surface area contributed by atoms with E-state index < -0.39 is 37.1 Å². The van der Waals surface area contributed by atoms with Gasteiger partial charge in [0.1, 0.15) is 24.4 Å². The van der Waals surface area contributed by atoms with Gasteiger partial charge in [0.2, 0.25) is 0 Å². The fourth-order valence-corrected chi connectivity index (χ4v) is 1.58. The maximum Gasteiger partial charge on any atom is 0.111 e. The maximum absolute atomic E-state index is 9.48. The van der Waals surface area contributed by atoms with E-state index in [0.717, 1.165) is 0 Å². The van der Waals surface area contributed by atoms with Crippen molar-refractivity contribution in [2.24, 2.45) is 5.73 Å². The third kappa shape index (κ3) is 2.22. The molecule has 84 valence electrons. The van der Waals surface area contributed by atoms with Crippen molar-refractivity contribution in [3.8, 4) is 0 Å². The summed E-state index contributed by atoms with van der Waals surface area (Å²) < 4.78 is 5.18. The molecule has 1 fully saturated rings. The lowest BCUT2D eigenvalue weighted by Crippen LogP contribution is -2.58. The second kappa shape index (κ2) is 5.01. The Kier molecular flexibility index (Phi) is 4.24. The SMILES string of the molecule is NCC[C@@H]1O[C@H](CO)[C@@H](O)[C@H](O)[C@H]1O. The summed E-state index contributed by atoms with van der Waals surface area (Å²) in [6.45, 7) is -0.0886. The van der Waals surface area contributed by atoms with E-state index in [-0.39, 0.29) is 0 Å². The van der Waals surface area contributed by atoms with Crippen LogP contribution in [0, 0.1) is 0 Å². The van der Waals surface area contributed by atoms with Crippen molar-refractivity contribution in [1.82, 2.24) is 0 Å². The van der Waals surface area contributed by atoms with E-state index >= 15 is 0 Å². The molecule has 1 rings (SSSR count). The molecule has 1 saturated heterocycles. The normalized spacial score (nSPS) is 43.9. The Labute approximate surface area is 81.9 Å². The molecule has 0 spiro atoms. The Bertz CT molecular complexity index is 175. The lowest BCUT2D eigenvalue weighted by Gasteiger charge is -2.40. The van der Waals surface area contributed by atoms with Gasteiger partial charge in [-0.3, -0.25) is 0 Å². The van der Waals surface area contributed by atoms with E-state index in [9.17, 15) is 15.3 Å². The standard InChI is InChI=1S/C8H17NO5/c9-2-1-4-6(11)8(13)7(12)5(3-10)14-4/h4-8,10-13H,1-3,9H2/t4-,5+,6-,7+,8+/m0/s1. The van der Waals surface area contributed by atoms with Crippen molar-refractivity contribution in [3.05, 3.63) is 0 Å². The Balaban J connectivity index is 2.63. The van der Waals surface area contributed by atoms with Crippen molar-refractivity contribution in [2.75, 3.05) is 13.2 Å². The van der Waals surface area contributed by atoms with Crippen LogP contribution in [0.3, 0.4) is 0 Å². The number of hydrogen-bond acceptors (Lipinski definition) is 6. The highest BCUT2D eigenvalue weighted by Crippen LogP contribution is 2.22. The minimum Gasteiger partial charge on any atom is -0.394 e. The molecule has 0 unspecified atom stereocenters. The van der Waals surface area contributed by atoms with Crippen LogP contribution in [0.2, 0.25) is 0 Å². The second-order valence-electron chi connectivity index (χ2n) is 3.44. The van der Waals surface area contributed by atoms with Crippen LogP contribution in [0.15, 0.2) is 0 Å². The van der Waals surface area contributed by atoms with Crippen LogP contribution in [-0.4, -0.2) is 64.1 Å². The third-order valence-electron chi connectivity index (χ3n) is 2.44. The molecular weight excluding hydrogens is 190 g/mol. The van der Waals surface area contributed by atoms with Crippen molar-refractivity contribution in [1.29, 1.82) is 0 Å². The summed E-state index contributed by atoms with van der Waals surface area (Å²) >= 11 is 0. The Morgan fingerprint density at radius 1 is 1.00 bits per heavy atom. The van der Waals surface area contributed by atoms with Crippen molar-refractivity contribution in [2.45, 2.75) is 36.9 Å². The second-order valence-corrected chi connectivity index (χ2v) is 3.44. The van der Waals surface area contributed by atoms with Gasteiger partial charge in [0.25, 0.3) is 0 Å². The van der Waals surface area contributed by atoms with Gasteiger partial charge in [-0.1, -0.05) is 0 Å². The fourth-order valence-electron chi connectivity index (χ4n) is 1.58. The number of aliphatic hydroxyl groups is 4. The van der Waals surface area contributed by atoms with Gasteiger partial charge in [-0.25, -0.2) is 0 Å². The van der Waals surface area contributed by atoms with E-state index in [2.05, 4.69) is 0 Å². The molecule has 6 heteroatoms. The average molecular weight is 207 g/mol. The monoisotopic (exact) mass is 207 g/mol. The number of rotatable bonds is 3. The number of ether oxygens (including phenoxy) is 1. The predicted molar refractivity (Wildman–Crippen MR) is 47.4 cm³/mol. The first kappa shape index (κ1) is 11.8. The van der Waals surface area contributed by atoms with E-state index in [1.165, 1.54) is 0 Å². The first-order valence-corrected chi connectivity index (χ1v) is 4.62. The molecule has 0 bridgehead atoms. The van der Waals surface area contributed by atoms with Gasteiger partial charge in [0, 0.05) is 0 Å². The number of nitrogens with two attached hydrogens (primary N) is 1. The van der Waals surface area contributed by atoms with Crippen LogP contribution in [-0.2, 0) is 4.74 Å². The first-order valence-electron chi connectivity index (χ1n) is 4.62. The summed E-state index contributed by atoms with van der Waals surface area (Å²) in [5, 5.41) is 37.1. The lowest BCUT2D eigenvalue weighted by molar-refractivity contribution is -0.229. The topological polar surface area (TPSA) is 116 Å². The molecule has 14 heavy (non-hydrogen) atoms. The largest absolute Gasteiger partial charge is 0.394 e. The van der Waals surface area contributed by atoms with Crippen LogP contribution >= 0.6 is 0 Å². The predicted octanol–water partition coefficient (Wildman–Crippen LogP) is -2.82. The van der Waals surface area contributed by atoms with Crippen LogP contribution in [0.25, 0.3) is 0 Å². The molecule has 0 amide bonds. The van der Waals surface area contributed by atoms with Gasteiger partial charge in [-0.2, -0.15) is 0 Å². The fraction of sp³-hybridized carbons (Fsp3) is 1.00. The van der Waals surface area contributed by atoms with Gasteiger partial charge in [-0.05, 0) is 13.0 Å². The summed E-state index contributed by atoms with van der Waals surface area (Å²) in [5.74, 6) is 0. The van der Waals surface area contributed by atoms with E-state index in [0.29, 0.717) is 13.0 Å². The molecule has 1 aliphatic rings. The van der Waals surface area contributed by atoms with E-state index in [4.69, 9.17) is 15.6 Å². The minimum atomic E-state index is -1.29. The Morgan fingerprint density at radius 3 is 2.07 bits per heavy atom. The van der Waals surface area contributed by atoms with Gasteiger partial charge in [-0.15, -0.1) is 0 Å². The zero-order valence-electron chi connectivity index (χ0n) is 7.78. The van der Waals surface area contributed by atoms with E-state index in [1.54, 1.807) is 0 Å². The first-order chi connectivity index (χ1) is 6.61. The zero-order chi connectivity index (χ0) is 10.7. The van der Waals surface area contributed by atoms with Gasteiger partial charge >= 0.3 is 0 Å². The average Bonchev–Trinajstić information content (AvgIpc) is 2.19. The molecule has 0 aliphatic carbocycles. The third-order valence-corrected chi connectivity index (χ3v) is 2.44. The van der Waals surface area contributed by atoms with Gasteiger partial charge < -0.3 is 30.9 Å². The highest BCUT2D eigenvalue weighted by Gasteiger charge is 2.42. The van der Waals surface area contributed by atoms with Crippen LogP contribution < -0.4 is 5.73 Å². The van der Waals surface area contributed by atoms with Crippen LogP contribution in [0.5, 0.6) is 0 Å². The van der Waals surface area contributed by atoms with E-state index in [1.807, 2.05) is 0 Å². The van der Waals surface area contributed by atoms with Gasteiger partial charge in [0.15, 0.2) is 0 Å². The van der Waals surface area contributed by atoms with Crippen molar-refractivity contribution in [3.63, 3.8) is 0 Å². The maximum atomic E-state index is 9.48. The van der Waals surface area contributed by atoms with Crippen molar-refractivity contribution < 1.29 is 25.2 Å². The number of hydrogen-bond donors (Lipinski definition) is 5. The lowest BCUT2D eigenvalue weighted by atomic mass is 9.94. The molecule has 0 radical (unpaired) electrons. The molecule has 5 atom stereocenters. The molecule has 0 saturated carbocycles. The minimum absolute atomic E-state index is 0.308. The van der Waals surface area contributed by atoms with Crippen LogP contribution in [0.4, 0.5) is 0 Å². The Morgan fingerprint density at radius 2 is 1.57 bits per heavy atom. The summed E-state index contributed by atoms with van der Waals surface area (Å²) in [6.07, 6.45) is -4.82. The summed E-state index contributed by atoms with van der Waals surface area (Å²) in [5.41, 5.74) is 5.29. The highest BCUT2D eigenvalue weighted by atomic mass is 16.5. The smallest absolute Gasteiger partial charge is 0.111 e. The Hall–Kier alpha value is -0.240. The molecule has 0 aromatic rings. The molecular formula is C8H17NO5. The molecule has 1 aliphatic heterocycles. The summed E-state index contributed by atoms with van der Waals surface area (Å²) in [7, 11) is 0. The molecule has 6 N–H and O–H groups in total. The highest BCUT2D eigenvalue weighted by molar-refractivity contribution is 4.91. The number of aliphatic hydroxyl groups excluding tert-OH is 4. The molecule has 0 aromatic heterocycles. The van der Waals surface area contributed by atoms with Crippen molar-refractivity contribution >= 4 is 0 Å². The summed E-state index contributed by atoms with van der Waals surface area (Å²) in [6, 6.07) is 0. The summed E-state index contributed by atoms with van der Waals surface area (Å²) in [4.78, 5) is 0. The molecule has 1 heterocycles. The zero-order valence-corrected chi connectivity index (χ0v) is 7.78. The quantitative estimate of drug-likeness (QED) is 0.341. The van der Waals surface area contributed by atoms with Crippen LogP contribution in [0.1, 0.15) is 6.42 Å². The molecule has 6 nitrogen and oxygen atoms in total.